The second-order valence-electron chi connectivity index (χ2n) is 3.71. The Bertz CT molecular complexity index is 403. The summed E-state index contributed by atoms with van der Waals surface area (Å²) in [5.74, 6) is -1.40. The number of aliphatic carboxylic acids is 1. The van der Waals surface area contributed by atoms with Gasteiger partial charge in [0.25, 0.3) is 5.91 Å². The maximum atomic E-state index is 11.9. The van der Waals surface area contributed by atoms with E-state index in [-0.39, 0.29) is 18.9 Å². The van der Waals surface area contributed by atoms with Crippen LogP contribution in [0.4, 0.5) is 0 Å². The maximum absolute atomic E-state index is 11.9. The van der Waals surface area contributed by atoms with Gasteiger partial charge in [-0.05, 0) is 11.4 Å². The van der Waals surface area contributed by atoms with E-state index >= 15 is 0 Å². The highest BCUT2D eigenvalue weighted by atomic mass is 32.1. The molecule has 0 aliphatic carbocycles. The normalized spacial score (nSPS) is 24.7. The summed E-state index contributed by atoms with van der Waals surface area (Å²) in [6.07, 6.45) is -0.644. The van der Waals surface area contributed by atoms with Crippen molar-refractivity contribution >= 4 is 23.2 Å². The first-order chi connectivity index (χ1) is 7.59. The monoisotopic (exact) mass is 241 g/mol. The molecule has 0 spiro atoms. The Morgan fingerprint density at radius 2 is 2.25 bits per heavy atom. The molecule has 2 atom stereocenters. The first-order valence-corrected chi connectivity index (χ1v) is 5.78. The number of carboxylic acids is 1. The lowest BCUT2D eigenvalue weighted by Gasteiger charge is -2.20. The lowest BCUT2D eigenvalue weighted by molar-refractivity contribution is -0.141. The minimum Gasteiger partial charge on any atom is -0.480 e. The quantitative estimate of drug-likeness (QED) is 0.786. The number of carboxylic acid groups (broad SMARTS) is 1. The van der Waals surface area contributed by atoms with Gasteiger partial charge in [0.1, 0.15) is 6.04 Å². The molecule has 1 amide bonds. The number of aliphatic hydroxyl groups is 1. The lowest BCUT2D eigenvalue weighted by Crippen LogP contribution is -2.40. The second kappa shape index (κ2) is 4.23. The molecule has 2 rings (SSSR count). The van der Waals surface area contributed by atoms with Crippen LogP contribution in [0.1, 0.15) is 16.8 Å². The van der Waals surface area contributed by atoms with Crippen LogP contribution < -0.4 is 0 Å². The molecule has 1 aliphatic heterocycles. The SMILES string of the molecule is O=C(O)[C@@H]1C[C@H](O)CN1C(=O)c1ccsc1. The molecule has 16 heavy (non-hydrogen) atoms. The molecule has 0 aromatic carbocycles. The van der Waals surface area contributed by atoms with Crippen LogP contribution in [0, 0.1) is 0 Å². The van der Waals surface area contributed by atoms with Crippen LogP contribution >= 0.6 is 11.3 Å². The molecular weight excluding hydrogens is 230 g/mol. The molecule has 86 valence electrons. The summed E-state index contributed by atoms with van der Waals surface area (Å²) in [5, 5.41) is 21.8. The predicted molar refractivity (Wildman–Crippen MR) is 57.4 cm³/mol. The molecule has 2 heterocycles. The van der Waals surface area contributed by atoms with Gasteiger partial charge in [0.2, 0.25) is 0 Å². The minimum absolute atomic E-state index is 0.0889. The van der Waals surface area contributed by atoms with Crippen LogP contribution in [0.3, 0.4) is 0 Å². The summed E-state index contributed by atoms with van der Waals surface area (Å²) in [4.78, 5) is 24.1. The van der Waals surface area contributed by atoms with Crippen LogP contribution in [0.5, 0.6) is 0 Å². The Balaban J connectivity index is 2.20. The van der Waals surface area contributed by atoms with Crippen molar-refractivity contribution in [3.8, 4) is 0 Å². The van der Waals surface area contributed by atoms with Gasteiger partial charge in [0.05, 0.1) is 11.7 Å². The van der Waals surface area contributed by atoms with Crippen molar-refractivity contribution < 1.29 is 19.8 Å². The largest absolute Gasteiger partial charge is 0.480 e. The summed E-state index contributed by atoms with van der Waals surface area (Å²) >= 11 is 1.38. The molecule has 5 nitrogen and oxygen atoms in total. The minimum atomic E-state index is -1.07. The molecule has 1 aromatic rings. The van der Waals surface area contributed by atoms with Gasteiger partial charge in [-0.2, -0.15) is 11.3 Å². The number of amides is 1. The molecule has 1 saturated heterocycles. The van der Waals surface area contributed by atoms with Crippen molar-refractivity contribution in [2.24, 2.45) is 0 Å². The van der Waals surface area contributed by atoms with Crippen LogP contribution in [0.2, 0.25) is 0 Å². The van der Waals surface area contributed by atoms with Gasteiger partial charge in [0.15, 0.2) is 0 Å². The zero-order chi connectivity index (χ0) is 11.7. The standard InChI is InChI=1S/C10H11NO4S/c12-7-3-8(10(14)15)11(4-7)9(13)6-1-2-16-5-6/h1-2,5,7-8,12H,3-4H2,(H,14,15)/t7-,8-/m0/s1. The molecule has 2 N–H and O–H groups in total. The smallest absolute Gasteiger partial charge is 0.326 e. The van der Waals surface area contributed by atoms with Crippen molar-refractivity contribution in [2.75, 3.05) is 6.54 Å². The zero-order valence-electron chi connectivity index (χ0n) is 8.37. The van der Waals surface area contributed by atoms with Gasteiger partial charge in [-0.25, -0.2) is 4.79 Å². The first kappa shape index (κ1) is 11.1. The predicted octanol–water partition coefficient (Wildman–Crippen LogP) is 0.408. The van der Waals surface area contributed by atoms with Crippen molar-refractivity contribution in [1.82, 2.24) is 4.90 Å². The van der Waals surface area contributed by atoms with E-state index in [1.165, 1.54) is 16.2 Å². The molecule has 0 saturated carbocycles. The van der Waals surface area contributed by atoms with Crippen LogP contribution in [-0.2, 0) is 4.79 Å². The first-order valence-electron chi connectivity index (χ1n) is 4.83. The zero-order valence-corrected chi connectivity index (χ0v) is 9.18. The van der Waals surface area contributed by atoms with Gasteiger partial charge >= 0.3 is 5.97 Å². The number of thiophene rings is 1. The molecule has 6 heteroatoms. The molecule has 1 aromatic heterocycles. The second-order valence-corrected chi connectivity index (χ2v) is 4.49. The number of β-amino-alcohol motifs (C(OH)–C–C–N with tert-alkyl or cyclic N) is 1. The molecule has 0 unspecified atom stereocenters. The van der Waals surface area contributed by atoms with Gasteiger partial charge in [-0.15, -0.1) is 0 Å². The number of nitrogens with zero attached hydrogens (tertiary/aromatic N) is 1. The number of carbonyl (C=O) groups excluding carboxylic acids is 1. The Labute approximate surface area is 95.9 Å². The molecule has 1 fully saturated rings. The van der Waals surface area contributed by atoms with Crippen molar-refractivity contribution in [3.05, 3.63) is 22.4 Å². The third kappa shape index (κ3) is 1.94. The van der Waals surface area contributed by atoms with Crippen LogP contribution in [0.25, 0.3) is 0 Å². The van der Waals surface area contributed by atoms with E-state index in [1.54, 1.807) is 16.8 Å². The molecular formula is C10H11NO4S. The fourth-order valence-electron chi connectivity index (χ4n) is 1.82. The topological polar surface area (TPSA) is 77.8 Å². The maximum Gasteiger partial charge on any atom is 0.326 e. The molecule has 1 aliphatic rings. The fraction of sp³-hybridized carbons (Fsp3) is 0.400. The Morgan fingerprint density at radius 3 is 2.81 bits per heavy atom. The van der Waals surface area contributed by atoms with E-state index < -0.39 is 18.1 Å². The van der Waals surface area contributed by atoms with Crippen molar-refractivity contribution in [2.45, 2.75) is 18.6 Å². The lowest BCUT2D eigenvalue weighted by atomic mass is 10.2. The summed E-state index contributed by atoms with van der Waals surface area (Å²) < 4.78 is 0. The van der Waals surface area contributed by atoms with E-state index in [0.717, 1.165) is 0 Å². The van der Waals surface area contributed by atoms with Gasteiger partial charge < -0.3 is 15.1 Å². The molecule has 0 bridgehead atoms. The van der Waals surface area contributed by atoms with E-state index in [4.69, 9.17) is 5.11 Å². The van der Waals surface area contributed by atoms with Gasteiger partial charge in [-0.3, -0.25) is 4.79 Å². The number of hydrogen-bond donors (Lipinski definition) is 2. The molecule has 0 radical (unpaired) electrons. The van der Waals surface area contributed by atoms with Gasteiger partial charge in [0, 0.05) is 18.3 Å². The van der Waals surface area contributed by atoms with Crippen molar-refractivity contribution in [1.29, 1.82) is 0 Å². The third-order valence-electron chi connectivity index (χ3n) is 2.59. The van der Waals surface area contributed by atoms with E-state index in [0.29, 0.717) is 5.56 Å². The third-order valence-corrected chi connectivity index (χ3v) is 3.28. The fourth-order valence-corrected chi connectivity index (χ4v) is 2.45. The average Bonchev–Trinajstić information content (AvgIpc) is 2.84. The number of rotatable bonds is 2. The van der Waals surface area contributed by atoms with Crippen molar-refractivity contribution in [3.63, 3.8) is 0 Å². The van der Waals surface area contributed by atoms with E-state index in [1.807, 2.05) is 0 Å². The summed E-state index contributed by atoms with van der Waals surface area (Å²) in [7, 11) is 0. The number of hydrogen-bond acceptors (Lipinski definition) is 4. The van der Waals surface area contributed by atoms with E-state index in [2.05, 4.69) is 0 Å². The van der Waals surface area contributed by atoms with Crippen LogP contribution in [-0.4, -0.2) is 45.7 Å². The average molecular weight is 241 g/mol. The highest BCUT2D eigenvalue weighted by molar-refractivity contribution is 7.08. The van der Waals surface area contributed by atoms with Gasteiger partial charge in [-0.1, -0.05) is 0 Å². The summed E-state index contributed by atoms with van der Waals surface area (Å²) in [5.41, 5.74) is 0.477. The summed E-state index contributed by atoms with van der Waals surface area (Å²) in [6.45, 7) is 0.0889. The Kier molecular flexibility index (Phi) is 2.93. The number of carbonyl (C=O) groups is 2. The summed E-state index contributed by atoms with van der Waals surface area (Å²) in [6, 6.07) is 0.735. The highest BCUT2D eigenvalue weighted by Crippen LogP contribution is 2.21. The number of aliphatic hydroxyl groups excluding tert-OH is 1. The van der Waals surface area contributed by atoms with Crippen LogP contribution in [0.15, 0.2) is 16.8 Å². The van der Waals surface area contributed by atoms with E-state index in [9.17, 15) is 14.7 Å². The Hall–Kier alpha value is -1.40. The number of likely N-dealkylation sites (tertiary alicyclic amines) is 1. The highest BCUT2D eigenvalue weighted by Gasteiger charge is 2.39. The Morgan fingerprint density at radius 1 is 1.50 bits per heavy atom.